The Balaban J connectivity index is 1.29. The minimum absolute atomic E-state index is 0.0247. The van der Waals surface area contributed by atoms with Crippen molar-refractivity contribution in [3.8, 4) is 17.2 Å². The van der Waals surface area contributed by atoms with Crippen LogP contribution in [-0.2, 0) is 4.79 Å². The SMILES string of the molecule is COc1cc(OC)c(OC)cc1/C=C(/NC(=O)c1ccccc1)C(=O)Nc1cccc(SCCCN2C(=O)c3ccccc3C2=O)c1. The molecule has 0 atom stereocenters. The summed E-state index contributed by atoms with van der Waals surface area (Å²) in [4.78, 5) is 54.2. The summed E-state index contributed by atoms with van der Waals surface area (Å²) < 4.78 is 16.3. The smallest absolute Gasteiger partial charge is 0.272 e. The van der Waals surface area contributed by atoms with Gasteiger partial charge in [-0.2, -0.15) is 0 Å². The van der Waals surface area contributed by atoms with E-state index in [2.05, 4.69) is 10.6 Å². The fourth-order valence-corrected chi connectivity index (χ4v) is 5.87. The number of carbonyl (C=O) groups is 4. The van der Waals surface area contributed by atoms with Gasteiger partial charge in [0.05, 0.1) is 32.5 Å². The first-order valence-electron chi connectivity index (χ1n) is 14.7. The number of fused-ring (bicyclic) bond motifs is 1. The molecule has 47 heavy (non-hydrogen) atoms. The number of nitrogens with one attached hydrogen (secondary N) is 2. The van der Waals surface area contributed by atoms with Gasteiger partial charge >= 0.3 is 0 Å². The van der Waals surface area contributed by atoms with E-state index in [-0.39, 0.29) is 17.5 Å². The molecule has 0 fully saturated rings. The van der Waals surface area contributed by atoms with Gasteiger partial charge in [0.25, 0.3) is 23.6 Å². The summed E-state index contributed by atoms with van der Waals surface area (Å²) in [6.45, 7) is 0.310. The molecule has 5 rings (SSSR count). The maximum Gasteiger partial charge on any atom is 0.272 e. The molecule has 0 spiro atoms. The molecular formula is C36H33N3O7S. The lowest BCUT2D eigenvalue weighted by Crippen LogP contribution is -2.31. The van der Waals surface area contributed by atoms with Gasteiger partial charge in [-0.05, 0) is 66.8 Å². The lowest BCUT2D eigenvalue weighted by atomic mass is 10.1. The summed E-state index contributed by atoms with van der Waals surface area (Å²) in [5.41, 5.74) is 2.22. The molecule has 1 aliphatic rings. The van der Waals surface area contributed by atoms with Crippen LogP contribution in [0.15, 0.2) is 102 Å². The van der Waals surface area contributed by atoms with Gasteiger partial charge in [-0.15, -0.1) is 11.8 Å². The molecule has 240 valence electrons. The maximum atomic E-state index is 13.7. The highest BCUT2D eigenvalue weighted by atomic mass is 32.2. The monoisotopic (exact) mass is 651 g/mol. The Morgan fingerprint density at radius 1 is 0.766 bits per heavy atom. The molecule has 10 nitrogen and oxygen atoms in total. The molecule has 4 aromatic carbocycles. The zero-order valence-electron chi connectivity index (χ0n) is 26.1. The minimum atomic E-state index is -0.557. The number of rotatable bonds is 13. The van der Waals surface area contributed by atoms with Crippen LogP contribution in [0.4, 0.5) is 5.69 Å². The third-order valence-corrected chi connectivity index (χ3v) is 8.41. The van der Waals surface area contributed by atoms with E-state index in [0.29, 0.717) is 63.9 Å². The molecule has 0 aliphatic carbocycles. The van der Waals surface area contributed by atoms with Crippen LogP contribution in [0.2, 0.25) is 0 Å². The Hall–Kier alpha value is -5.55. The van der Waals surface area contributed by atoms with Gasteiger partial charge < -0.3 is 24.8 Å². The third-order valence-electron chi connectivity index (χ3n) is 7.33. The van der Waals surface area contributed by atoms with Gasteiger partial charge in [0.2, 0.25) is 0 Å². The lowest BCUT2D eigenvalue weighted by molar-refractivity contribution is -0.113. The van der Waals surface area contributed by atoms with E-state index < -0.39 is 11.8 Å². The number of nitrogens with zero attached hydrogens (tertiary/aromatic N) is 1. The minimum Gasteiger partial charge on any atom is -0.496 e. The molecule has 1 aliphatic heterocycles. The normalized spacial score (nSPS) is 12.4. The Morgan fingerprint density at radius 3 is 2.06 bits per heavy atom. The summed E-state index contributed by atoms with van der Waals surface area (Å²) in [5.74, 6) is 0.348. The topological polar surface area (TPSA) is 123 Å². The Labute approximate surface area is 276 Å². The van der Waals surface area contributed by atoms with Crippen molar-refractivity contribution < 1.29 is 33.4 Å². The molecule has 0 unspecified atom stereocenters. The van der Waals surface area contributed by atoms with Gasteiger partial charge in [0.15, 0.2) is 11.5 Å². The Morgan fingerprint density at radius 2 is 1.40 bits per heavy atom. The number of thioether (sulfide) groups is 1. The number of imide groups is 1. The maximum absolute atomic E-state index is 13.7. The largest absolute Gasteiger partial charge is 0.496 e. The number of hydrogen-bond donors (Lipinski definition) is 2. The van der Waals surface area contributed by atoms with Crippen molar-refractivity contribution in [1.82, 2.24) is 10.2 Å². The second kappa shape index (κ2) is 15.2. The molecule has 1 heterocycles. The standard InChI is InChI=1S/C36H33N3O7S/c1-44-30-22-32(46-3)31(45-2)20-24(30)19-29(38-33(40)23-11-5-4-6-12-23)34(41)37-25-13-9-14-26(21-25)47-18-10-17-39-35(42)27-15-7-8-16-28(27)36(39)43/h4-9,11-16,19-22H,10,17-18H2,1-3H3,(H,37,41)(H,38,40)/b29-19+. The zero-order chi connectivity index (χ0) is 33.3. The summed E-state index contributed by atoms with van der Waals surface area (Å²) in [7, 11) is 4.49. The Kier molecular flexibility index (Phi) is 10.6. The van der Waals surface area contributed by atoms with Crippen molar-refractivity contribution in [2.75, 3.05) is 38.9 Å². The van der Waals surface area contributed by atoms with Crippen molar-refractivity contribution in [3.05, 3.63) is 119 Å². The summed E-state index contributed by atoms with van der Waals surface area (Å²) in [6.07, 6.45) is 2.10. The van der Waals surface area contributed by atoms with Crippen LogP contribution in [0.25, 0.3) is 6.08 Å². The van der Waals surface area contributed by atoms with Crippen LogP contribution in [-0.4, -0.2) is 62.2 Å². The molecule has 0 saturated heterocycles. The van der Waals surface area contributed by atoms with Crippen molar-refractivity contribution in [3.63, 3.8) is 0 Å². The van der Waals surface area contributed by atoms with Gasteiger partial charge in [-0.1, -0.05) is 36.4 Å². The number of benzene rings is 4. The predicted octanol–water partition coefficient (Wildman–Crippen LogP) is 5.90. The number of hydrogen-bond acceptors (Lipinski definition) is 8. The van der Waals surface area contributed by atoms with Gasteiger partial charge in [0, 0.05) is 34.3 Å². The van der Waals surface area contributed by atoms with Crippen molar-refractivity contribution >= 4 is 47.2 Å². The molecule has 0 radical (unpaired) electrons. The van der Waals surface area contributed by atoms with Gasteiger partial charge in [-0.25, -0.2) is 0 Å². The van der Waals surface area contributed by atoms with Crippen LogP contribution in [0.3, 0.4) is 0 Å². The lowest BCUT2D eigenvalue weighted by Gasteiger charge is -2.15. The summed E-state index contributed by atoms with van der Waals surface area (Å²) in [5, 5.41) is 5.61. The van der Waals surface area contributed by atoms with Crippen LogP contribution >= 0.6 is 11.8 Å². The molecule has 4 amide bonds. The van der Waals surface area contributed by atoms with Crippen LogP contribution in [0, 0.1) is 0 Å². The van der Waals surface area contributed by atoms with Crippen molar-refractivity contribution in [2.24, 2.45) is 0 Å². The molecule has 0 saturated carbocycles. The quantitative estimate of drug-likeness (QED) is 0.0793. The molecule has 0 bridgehead atoms. The molecule has 2 N–H and O–H groups in total. The fraction of sp³-hybridized carbons (Fsp3) is 0.167. The highest BCUT2D eigenvalue weighted by Gasteiger charge is 2.34. The molecule has 11 heteroatoms. The second-order valence-electron chi connectivity index (χ2n) is 10.3. The van der Waals surface area contributed by atoms with Gasteiger partial charge in [0.1, 0.15) is 11.4 Å². The zero-order valence-corrected chi connectivity index (χ0v) is 26.9. The second-order valence-corrected chi connectivity index (χ2v) is 11.5. The van der Waals surface area contributed by atoms with Crippen molar-refractivity contribution in [2.45, 2.75) is 11.3 Å². The van der Waals surface area contributed by atoms with Crippen LogP contribution in [0.5, 0.6) is 17.2 Å². The summed E-state index contributed by atoms with van der Waals surface area (Å²) >= 11 is 1.54. The number of ether oxygens (including phenoxy) is 3. The summed E-state index contributed by atoms with van der Waals surface area (Å²) in [6, 6.07) is 26.0. The van der Waals surface area contributed by atoms with Crippen LogP contribution in [0.1, 0.15) is 43.1 Å². The average Bonchev–Trinajstić information content (AvgIpc) is 3.34. The van der Waals surface area contributed by atoms with Crippen molar-refractivity contribution in [1.29, 1.82) is 0 Å². The molecule has 4 aromatic rings. The van der Waals surface area contributed by atoms with Gasteiger partial charge in [-0.3, -0.25) is 24.1 Å². The molecular weight excluding hydrogens is 618 g/mol. The van der Waals surface area contributed by atoms with E-state index in [1.165, 1.54) is 44.1 Å². The highest BCUT2D eigenvalue weighted by molar-refractivity contribution is 7.99. The number of amides is 4. The fourth-order valence-electron chi connectivity index (χ4n) is 4.98. The van der Waals surface area contributed by atoms with E-state index in [0.717, 1.165) is 4.90 Å². The predicted molar refractivity (Wildman–Crippen MR) is 180 cm³/mol. The Bertz CT molecular complexity index is 1810. The van der Waals surface area contributed by atoms with E-state index in [4.69, 9.17) is 14.2 Å². The van der Waals surface area contributed by atoms with E-state index in [9.17, 15) is 19.2 Å². The first-order valence-corrected chi connectivity index (χ1v) is 15.7. The number of methoxy groups -OCH3 is 3. The number of anilines is 1. The first kappa shape index (κ1) is 32.8. The third kappa shape index (κ3) is 7.64. The van der Waals surface area contributed by atoms with E-state index in [1.54, 1.807) is 72.8 Å². The van der Waals surface area contributed by atoms with Crippen LogP contribution < -0.4 is 24.8 Å². The molecule has 0 aromatic heterocycles. The average molecular weight is 652 g/mol. The van der Waals surface area contributed by atoms with E-state index >= 15 is 0 Å². The number of carbonyl (C=O) groups excluding carboxylic acids is 4. The highest BCUT2D eigenvalue weighted by Crippen LogP contribution is 2.36. The first-order chi connectivity index (χ1) is 22.8. The van der Waals surface area contributed by atoms with E-state index in [1.807, 2.05) is 18.2 Å².